The molecule has 1 aliphatic rings. The lowest BCUT2D eigenvalue weighted by Gasteiger charge is -2.36. The van der Waals surface area contributed by atoms with E-state index in [4.69, 9.17) is 11.6 Å². The quantitative estimate of drug-likeness (QED) is 0.860. The van der Waals surface area contributed by atoms with Crippen LogP contribution in [0.2, 0.25) is 5.02 Å². The molecule has 3 nitrogen and oxygen atoms in total. The third-order valence-electron chi connectivity index (χ3n) is 2.92. The van der Waals surface area contributed by atoms with Gasteiger partial charge in [-0.1, -0.05) is 11.6 Å². The number of hydrogen-bond acceptors (Lipinski definition) is 3. The minimum atomic E-state index is -0.559. The van der Waals surface area contributed by atoms with Crippen LogP contribution in [0.15, 0.2) is 18.3 Å². The predicted molar refractivity (Wildman–Crippen MR) is 64.4 cm³/mol. The molecule has 1 fully saturated rings. The maximum absolute atomic E-state index is 9.99. The highest BCUT2D eigenvalue weighted by Crippen LogP contribution is 2.21. The van der Waals surface area contributed by atoms with Crippen LogP contribution in [0.25, 0.3) is 0 Å². The number of pyridine rings is 1. The van der Waals surface area contributed by atoms with E-state index in [0.29, 0.717) is 11.6 Å². The van der Waals surface area contributed by atoms with Crippen molar-refractivity contribution in [2.75, 3.05) is 13.1 Å². The summed E-state index contributed by atoms with van der Waals surface area (Å²) >= 11 is 5.91. The molecule has 0 amide bonds. The first-order chi connectivity index (χ1) is 7.55. The zero-order chi connectivity index (χ0) is 11.6. The molecule has 88 valence electrons. The molecule has 2 heterocycles. The minimum Gasteiger partial charge on any atom is -0.389 e. The Morgan fingerprint density at radius 2 is 2.44 bits per heavy atom. The number of halogens is 1. The second-order valence-electron chi connectivity index (χ2n) is 4.78. The maximum atomic E-state index is 9.99. The molecular weight excluding hydrogens is 224 g/mol. The minimum absolute atomic E-state index is 0.559. The number of β-amino-alcohol motifs (C(OH)–C–C–N with tert-alkyl or cyclic N) is 1. The molecule has 1 aromatic heterocycles. The molecule has 1 saturated heterocycles. The van der Waals surface area contributed by atoms with Gasteiger partial charge in [0.25, 0.3) is 0 Å². The standard InChI is InChI=1S/C12H17ClN2O/c1-12(16)4-2-6-15(9-12)8-11-7-10(13)3-5-14-11/h3,5,7,16H,2,4,6,8-9H2,1H3. The summed E-state index contributed by atoms with van der Waals surface area (Å²) in [7, 11) is 0. The number of rotatable bonds is 2. The SMILES string of the molecule is CC1(O)CCCN(Cc2cc(Cl)ccn2)C1. The molecule has 16 heavy (non-hydrogen) atoms. The van der Waals surface area contributed by atoms with E-state index < -0.39 is 5.60 Å². The van der Waals surface area contributed by atoms with Crippen LogP contribution in [0.5, 0.6) is 0 Å². The fourth-order valence-corrected chi connectivity index (χ4v) is 2.40. The van der Waals surface area contributed by atoms with Gasteiger partial charge in [-0.05, 0) is 38.4 Å². The highest BCUT2D eigenvalue weighted by atomic mass is 35.5. The van der Waals surface area contributed by atoms with E-state index in [-0.39, 0.29) is 0 Å². The van der Waals surface area contributed by atoms with Gasteiger partial charge in [0.05, 0.1) is 11.3 Å². The van der Waals surface area contributed by atoms with Crippen molar-refractivity contribution < 1.29 is 5.11 Å². The number of aliphatic hydroxyl groups is 1. The molecule has 2 rings (SSSR count). The number of nitrogens with zero attached hydrogens (tertiary/aromatic N) is 2. The predicted octanol–water partition coefficient (Wildman–Crippen LogP) is 2.08. The average Bonchev–Trinajstić information content (AvgIpc) is 2.15. The third kappa shape index (κ3) is 3.17. The molecule has 1 aliphatic heterocycles. The van der Waals surface area contributed by atoms with E-state index >= 15 is 0 Å². The summed E-state index contributed by atoms with van der Waals surface area (Å²) < 4.78 is 0. The Balaban J connectivity index is 1.99. The van der Waals surface area contributed by atoms with Crippen LogP contribution in [0, 0.1) is 0 Å². The van der Waals surface area contributed by atoms with Crippen LogP contribution >= 0.6 is 11.6 Å². The van der Waals surface area contributed by atoms with Crippen molar-refractivity contribution in [3.8, 4) is 0 Å². The Bertz CT molecular complexity index is 368. The van der Waals surface area contributed by atoms with Crippen molar-refractivity contribution in [1.29, 1.82) is 0 Å². The molecule has 0 aliphatic carbocycles. The fourth-order valence-electron chi connectivity index (χ4n) is 2.22. The van der Waals surface area contributed by atoms with Crippen molar-refractivity contribution >= 4 is 11.6 Å². The van der Waals surface area contributed by atoms with Gasteiger partial charge < -0.3 is 5.11 Å². The topological polar surface area (TPSA) is 36.4 Å². The normalized spacial score (nSPS) is 26.9. The molecule has 1 N–H and O–H groups in total. The van der Waals surface area contributed by atoms with Gasteiger partial charge >= 0.3 is 0 Å². The van der Waals surface area contributed by atoms with Crippen molar-refractivity contribution in [2.45, 2.75) is 31.9 Å². The summed E-state index contributed by atoms with van der Waals surface area (Å²) in [5.41, 5.74) is 0.404. The van der Waals surface area contributed by atoms with Gasteiger partial charge in [0.1, 0.15) is 0 Å². The van der Waals surface area contributed by atoms with Gasteiger partial charge in [-0.3, -0.25) is 9.88 Å². The van der Waals surface area contributed by atoms with Crippen LogP contribution in [0.1, 0.15) is 25.5 Å². The molecule has 1 atom stereocenters. The number of aromatic nitrogens is 1. The van der Waals surface area contributed by atoms with Gasteiger partial charge in [0.2, 0.25) is 0 Å². The zero-order valence-corrected chi connectivity index (χ0v) is 10.2. The highest BCUT2D eigenvalue weighted by Gasteiger charge is 2.28. The van der Waals surface area contributed by atoms with Crippen molar-refractivity contribution in [3.05, 3.63) is 29.0 Å². The summed E-state index contributed by atoms with van der Waals surface area (Å²) in [5.74, 6) is 0. The molecular formula is C12H17ClN2O. The summed E-state index contributed by atoms with van der Waals surface area (Å²) in [4.78, 5) is 6.50. The number of hydrogen-bond donors (Lipinski definition) is 1. The second-order valence-corrected chi connectivity index (χ2v) is 5.21. The number of likely N-dealkylation sites (tertiary alicyclic amines) is 1. The summed E-state index contributed by atoms with van der Waals surface area (Å²) in [6.45, 7) is 4.38. The first-order valence-corrected chi connectivity index (χ1v) is 5.98. The van der Waals surface area contributed by atoms with E-state index in [0.717, 1.165) is 31.6 Å². The van der Waals surface area contributed by atoms with Crippen LogP contribution in [0.4, 0.5) is 0 Å². The zero-order valence-electron chi connectivity index (χ0n) is 9.49. The van der Waals surface area contributed by atoms with E-state index in [1.807, 2.05) is 13.0 Å². The van der Waals surface area contributed by atoms with Gasteiger partial charge in [-0.2, -0.15) is 0 Å². The molecule has 1 aromatic rings. The number of piperidine rings is 1. The largest absolute Gasteiger partial charge is 0.389 e. The van der Waals surface area contributed by atoms with Crippen molar-refractivity contribution in [1.82, 2.24) is 9.88 Å². The molecule has 1 unspecified atom stereocenters. The molecule has 0 saturated carbocycles. The lowest BCUT2D eigenvalue weighted by molar-refractivity contribution is -0.0184. The summed E-state index contributed by atoms with van der Waals surface area (Å²) in [6, 6.07) is 3.66. The van der Waals surface area contributed by atoms with Crippen LogP contribution in [-0.2, 0) is 6.54 Å². The summed E-state index contributed by atoms with van der Waals surface area (Å²) in [6.07, 6.45) is 3.64. The Morgan fingerprint density at radius 1 is 1.62 bits per heavy atom. The molecule has 0 aromatic carbocycles. The summed E-state index contributed by atoms with van der Waals surface area (Å²) in [5, 5.41) is 10.7. The molecule has 0 spiro atoms. The lowest BCUT2D eigenvalue weighted by Crippen LogP contribution is -2.45. The maximum Gasteiger partial charge on any atom is 0.0746 e. The highest BCUT2D eigenvalue weighted by molar-refractivity contribution is 6.30. The van der Waals surface area contributed by atoms with Gasteiger partial charge in [0, 0.05) is 24.3 Å². The third-order valence-corrected chi connectivity index (χ3v) is 3.15. The smallest absolute Gasteiger partial charge is 0.0746 e. The van der Waals surface area contributed by atoms with Crippen LogP contribution < -0.4 is 0 Å². The van der Waals surface area contributed by atoms with E-state index in [1.54, 1.807) is 12.3 Å². The Labute approximate surface area is 101 Å². The lowest BCUT2D eigenvalue weighted by atomic mass is 9.95. The second kappa shape index (κ2) is 4.70. The molecule has 0 bridgehead atoms. The van der Waals surface area contributed by atoms with E-state index in [2.05, 4.69) is 9.88 Å². The van der Waals surface area contributed by atoms with E-state index in [9.17, 15) is 5.11 Å². The molecule has 0 radical (unpaired) electrons. The van der Waals surface area contributed by atoms with Gasteiger partial charge in [-0.25, -0.2) is 0 Å². The Kier molecular flexibility index (Phi) is 3.47. The Morgan fingerprint density at radius 3 is 3.12 bits per heavy atom. The monoisotopic (exact) mass is 240 g/mol. The fraction of sp³-hybridized carbons (Fsp3) is 0.583. The van der Waals surface area contributed by atoms with Crippen molar-refractivity contribution in [2.24, 2.45) is 0 Å². The van der Waals surface area contributed by atoms with Gasteiger partial charge in [-0.15, -0.1) is 0 Å². The Hall–Kier alpha value is -0.640. The van der Waals surface area contributed by atoms with Crippen LogP contribution in [-0.4, -0.2) is 33.7 Å². The van der Waals surface area contributed by atoms with E-state index in [1.165, 1.54) is 0 Å². The van der Waals surface area contributed by atoms with Gasteiger partial charge in [0.15, 0.2) is 0 Å². The molecule has 4 heteroatoms. The van der Waals surface area contributed by atoms with Crippen molar-refractivity contribution in [3.63, 3.8) is 0 Å². The first-order valence-electron chi connectivity index (χ1n) is 5.60. The first kappa shape index (κ1) is 11.8. The van der Waals surface area contributed by atoms with Crippen LogP contribution in [0.3, 0.4) is 0 Å². The average molecular weight is 241 g/mol.